The number of aromatic amines is 1. The molecular formula is C25H19N5O3. The number of hydrogen-bond acceptors (Lipinski definition) is 5. The highest BCUT2D eigenvalue weighted by atomic mass is 16.6. The molecule has 0 saturated carbocycles. The van der Waals surface area contributed by atoms with Crippen LogP contribution in [0.5, 0.6) is 0 Å². The van der Waals surface area contributed by atoms with Crippen LogP contribution < -0.4 is 10.6 Å². The van der Waals surface area contributed by atoms with E-state index in [1.807, 2.05) is 67.7 Å². The highest BCUT2D eigenvalue weighted by Crippen LogP contribution is 2.39. The van der Waals surface area contributed by atoms with Gasteiger partial charge in [0.05, 0.1) is 21.9 Å². The van der Waals surface area contributed by atoms with Crippen LogP contribution in [0.1, 0.15) is 17.0 Å². The number of anilines is 2. The lowest BCUT2D eigenvalue weighted by molar-refractivity contribution is -0.384. The Morgan fingerprint density at radius 1 is 1.03 bits per heavy atom. The van der Waals surface area contributed by atoms with Gasteiger partial charge in [-0.15, -0.1) is 0 Å². The van der Waals surface area contributed by atoms with Crippen molar-refractivity contribution in [2.75, 3.05) is 10.6 Å². The van der Waals surface area contributed by atoms with Gasteiger partial charge in [0.15, 0.2) is 0 Å². The first-order valence-electron chi connectivity index (χ1n) is 10.3. The summed E-state index contributed by atoms with van der Waals surface area (Å²) in [5, 5.41) is 17.5. The molecule has 1 aliphatic heterocycles. The Bertz CT molecular complexity index is 1410. The average Bonchev–Trinajstić information content (AvgIpc) is 3.40. The van der Waals surface area contributed by atoms with Crippen molar-refractivity contribution in [3.63, 3.8) is 0 Å². The second-order valence-electron chi connectivity index (χ2n) is 7.63. The van der Waals surface area contributed by atoms with E-state index in [9.17, 15) is 14.9 Å². The van der Waals surface area contributed by atoms with E-state index in [1.165, 1.54) is 12.1 Å². The van der Waals surface area contributed by atoms with E-state index < -0.39 is 4.92 Å². The Labute approximate surface area is 189 Å². The first kappa shape index (κ1) is 20.2. The van der Waals surface area contributed by atoms with Gasteiger partial charge in [0.25, 0.3) is 11.6 Å². The van der Waals surface area contributed by atoms with E-state index in [4.69, 9.17) is 0 Å². The molecule has 1 aromatic heterocycles. The van der Waals surface area contributed by atoms with Crippen molar-refractivity contribution in [2.45, 2.75) is 6.92 Å². The molecule has 2 heterocycles. The maximum Gasteiger partial charge on any atom is 0.270 e. The number of non-ortho nitro benzene ring substituents is 1. The molecule has 8 heteroatoms. The fourth-order valence-corrected chi connectivity index (χ4v) is 3.84. The molecule has 3 aromatic carbocycles. The monoisotopic (exact) mass is 437 g/mol. The number of aryl methyl sites for hydroxylation is 1. The topological polar surface area (TPSA) is 113 Å². The molecule has 3 N–H and O–H groups in total. The minimum Gasteiger partial charge on any atom is -0.354 e. The van der Waals surface area contributed by atoms with Crippen molar-refractivity contribution in [3.05, 3.63) is 106 Å². The fraction of sp³-hybridized carbons (Fsp3) is 0.0400. The van der Waals surface area contributed by atoms with Crippen molar-refractivity contribution >= 4 is 34.2 Å². The lowest BCUT2D eigenvalue weighted by atomic mass is 9.99. The summed E-state index contributed by atoms with van der Waals surface area (Å²) < 4.78 is 0. The predicted octanol–water partition coefficient (Wildman–Crippen LogP) is 5.23. The number of rotatable bonds is 5. The highest BCUT2D eigenvalue weighted by molar-refractivity contribution is 6.37. The second-order valence-corrected chi connectivity index (χ2v) is 7.63. The van der Waals surface area contributed by atoms with Gasteiger partial charge in [-0.3, -0.25) is 14.9 Å². The number of nitrogens with zero attached hydrogens (tertiary/aromatic N) is 2. The van der Waals surface area contributed by atoms with E-state index in [1.54, 1.807) is 6.07 Å². The summed E-state index contributed by atoms with van der Waals surface area (Å²) in [4.78, 5) is 31.4. The summed E-state index contributed by atoms with van der Waals surface area (Å²) in [6.45, 7) is 1.90. The van der Waals surface area contributed by atoms with E-state index in [0.717, 1.165) is 28.3 Å². The number of benzene rings is 3. The standard InChI is InChI=1S/C25H19N5O3/c1-15-26-14-22(27-15)16-7-9-18(10-8-16)28-24(17-5-3-2-4-6-17)23-20-13-19(30(32)33)11-12-21(20)29-25(23)31/h2-14,28H,1H3,(H,26,27)(H,29,31). The zero-order chi connectivity index (χ0) is 22.9. The Morgan fingerprint density at radius 3 is 2.45 bits per heavy atom. The van der Waals surface area contributed by atoms with Gasteiger partial charge in [-0.1, -0.05) is 42.5 Å². The lowest BCUT2D eigenvalue weighted by Crippen LogP contribution is -2.10. The Kier molecular flexibility index (Phi) is 4.95. The van der Waals surface area contributed by atoms with Crippen LogP contribution in [0.4, 0.5) is 17.1 Å². The zero-order valence-electron chi connectivity index (χ0n) is 17.6. The van der Waals surface area contributed by atoms with Crippen LogP contribution in [0.3, 0.4) is 0 Å². The molecule has 162 valence electrons. The maximum absolute atomic E-state index is 13.0. The number of H-pyrrole nitrogens is 1. The lowest BCUT2D eigenvalue weighted by Gasteiger charge is -2.15. The van der Waals surface area contributed by atoms with E-state index in [0.29, 0.717) is 22.5 Å². The van der Waals surface area contributed by atoms with Gasteiger partial charge >= 0.3 is 0 Å². The molecule has 0 unspecified atom stereocenters. The second kappa shape index (κ2) is 8.08. The third-order valence-electron chi connectivity index (χ3n) is 5.43. The van der Waals surface area contributed by atoms with Gasteiger partial charge in [-0.05, 0) is 30.7 Å². The number of aromatic nitrogens is 2. The van der Waals surface area contributed by atoms with Crippen molar-refractivity contribution in [1.82, 2.24) is 9.97 Å². The van der Waals surface area contributed by atoms with Crippen LogP contribution in [-0.2, 0) is 4.79 Å². The molecular weight excluding hydrogens is 418 g/mol. The molecule has 0 saturated heterocycles. The molecule has 33 heavy (non-hydrogen) atoms. The van der Waals surface area contributed by atoms with Crippen LogP contribution in [0.25, 0.3) is 22.5 Å². The summed E-state index contributed by atoms with van der Waals surface area (Å²) in [6, 6.07) is 21.5. The maximum atomic E-state index is 13.0. The molecule has 0 radical (unpaired) electrons. The van der Waals surface area contributed by atoms with E-state index in [2.05, 4.69) is 20.6 Å². The number of carbonyl (C=O) groups is 1. The van der Waals surface area contributed by atoms with Crippen LogP contribution in [0.15, 0.2) is 79.0 Å². The molecule has 0 fully saturated rings. The number of nitro groups is 1. The largest absolute Gasteiger partial charge is 0.354 e. The van der Waals surface area contributed by atoms with Gasteiger partial charge in [0.1, 0.15) is 5.82 Å². The SMILES string of the molecule is Cc1nc(-c2ccc(NC(=C3C(=O)Nc4ccc([N+](=O)[O-])cc43)c3ccccc3)cc2)c[nH]1. The molecule has 4 aromatic rings. The summed E-state index contributed by atoms with van der Waals surface area (Å²) >= 11 is 0. The van der Waals surface area contributed by atoms with Gasteiger partial charge in [0, 0.05) is 40.8 Å². The van der Waals surface area contributed by atoms with E-state index in [-0.39, 0.29) is 11.6 Å². The first-order chi connectivity index (χ1) is 16.0. The molecule has 0 bridgehead atoms. The Hall–Kier alpha value is -4.72. The number of amides is 1. The summed E-state index contributed by atoms with van der Waals surface area (Å²) in [5.74, 6) is 0.517. The minimum absolute atomic E-state index is 0.0752. The number of nitro benzene ring substituents is 1. The summed E-state index contributed by atoms with van der Waals surface area (Å²) in [7, 11) is 0. The van der Waals surface area contributed by atoms with Crippen molar-refractivity contribution in [1.29, 1.82) is 0 Å². The van der Waals surface area contributed by atoms with Gasteiger partial charge in [-0.2, -0.15) is 0 Å². The normalized spacial score (nSPS) is 13.9. The van der Waals surface area contributed by atoms with Gasteiger partial charge in [0.2, 0.25) is 0 Å². The van der Waals surface area contributed by atoms with Crippen molar-refractivity contribution in [2.24, 2.45) is 0 Å². The quantitative estimate of drug-likeness (QED) is 0.225. The summed E-state index contributed by atoms with van der Waals surface area (Å²) in [6.07, 6.45) is 1.85. The Balaban J connectivity index is 1.60. The predicted molar refractivity (Wildman–Crippen MR) is 127 cm³/mol. The third-order valence-corrected chi connectivity index (χ3v) is 5.43. The van der Waals surface area contributed by atoms with Gasteiger partial charge < -0.3 is 15.6 Å². The first-order valence-corrected chi connectivity index (χ1v) is 10.3. The number of imidazole rings is 1. The van der Waals surface area contributed by atoms with Crippen LogP contribution in [0.2, 0.25) is 0 Å². The molecule has 5 rings (SSSR count). The number of carbonyl (C=O) groups excluding carboxylic acids is 1. The third kappa shape index (κ3) is 3.85. The highest BCUT2D eigenvalue weighted by Gasteiger charge is 2.30. The molecule has 0 atom stereocenters. The number of nitrogens with one attached hydrogen (secondary N) is 3. The fourth-order valence-electron chi connectivity index (χ4n) is 3.84. The molecule has 1 amide bonds. The van der Waals surface area contributed by atoms with Crippen LogP contribution in [0, 0.1) is 17.0 Å². The molecule has 8 nitrogen and oxygen atoms in total. The zero-order valence-corrected chi connectivity index (χ0v) is 17.6. The number of hydrogen-bond donors (Lipinski definition) is 3. The van der Waals surface area contributed by atoms with Gasteiger partial charge in [-0.25, -0.2) is 4.98 Å². The van der Waals surface area contributed by atoms with Crippen LogP contribution in [-0.4, -0.2) is 20.8 Å². The molecule has 0 aliphatic carbocycles. The average molecular weight is 437 g/mol. The minimum atomic E-state index is -0.466. The van der Waals surface area contributed by atoms with E-state index >= 15 is 0 Å². The molecule has 0 spiro atoms. The van der Waals surface area contributed by atoms with Crippen LogP contribution >= 0.6 is 0 Å². The smallest absolute Gasteiger partial charge is 0.270 e. The van der Waals surface area contributed by atoms with Crippen molar-refractivity contribution in [3.8, 4) is 11.3 Å². The Morgan fingerprint density at radius 2 is 1.79 bits per heavy atom. The molecule has 1 aliphatic rings. The van der Waals surface area contributed by atoms with Crippen molar-refractivity contribution < 1.29 is 9.72 Å². The summed E-state index contributed by atoms with van der Waals surface area (Å²) in [5.41, 5.74) is 5.23. The number of fused-ring (bicyclic) bond motifs is 1.